The second-order valence-corrected chi connectivity index (χ2v) is 4.35. The highest BCUT2D eigenvalue weighted by molar-refractivity contribution is 7.99. The predicted molar refractivity (Wildman–Crippen MR) is 64.0 cm³/mol. The van der Waals surface area contributed by atoms with E-state index in [1.54, 1.807) is 7.05 Å². The summed E-state index contributed by atoms with van der Waals surface area (Å²) in [5.41, 5.74) is -0.317. The first-order chi connectivity index (χ1) is 8.60. The average Bonchev–Trinajstić information content (AvgIpc) is 2.61. The summed E-state index contributed by atoms with van der Waals surface area (Å²) in [5, 5.41) is 6.88. The van der Waals surface area contributed by atoms with Crippen molar-refractivity contribution >= 4 is 23.4 Å². The van der Waals surface area contributed by atoms with Gasteiger partial charge in [0.1, 0.15) is 0 Å². The van der Waals surface area contributed by atoms with Gasteiger partial charge in [-0.15, -0.1) is 5.10 Å². The van der Waals surface area contributed by atoms with Crippen LogP contribution in [-0.2, 0) is 7.05 Å². The maximum atomic E-state index is 11.2. The topological polar surface area (TPSA) is 98.6 Å². The van der Waals surface area contributed by atoms with Crippen molar-refractivity contribution in [1.82, 2.24) is 29.7 Å². The van der Waals surface area contributed by atoms with Crippen molar-refractivity contribution in [2.24, 2.45) is 7.05 Å². The number of hydrogen-bond donors (Lipinski definition) is 1. The van der Waals surface area contributed by atoms with Gasteiger partial charge in [-0.25, -0.2) is 9.89 Å². The normalized spacial score (nSPS) is 10.6. The van der Waals surface area contributed by atoms with Crippen LogP contribution < -0.4 is 10.4 Å². The van der Waals surface area contributed by atoms with E-state index in [2.05, 4.69) is 25.1 Å². The van der Waals surface area contributed by atoms with Crippen molar-refractivity contribution < 1.29 is 4.74 Å². The zero-order valence-electron chi connectivity index (χ0n) is 9.55. The van der Waals surface area contributed by atoms with Gasteiger partial charge < -0.3 is 4.74 Å². The van der Waals surface area contributed by atoms with Crippen LogP contribution >= 0.6 is 23.4 Å². The Labute approximate surface area is 111 Å². The Kier molecular flexibility index (Phi) is 3.82. The lowest BCUT2D eigenvalue weighted by Gasteiger charge is -2.03. The molecule has 0 bridgehead atoms. The van der Waals surface area contributed by atoms with Gasteiger partial charge in [-0.1, -0.05) is 0 Å². The number of hydrogen-bond acceptors (Lipinski definition) is 7. The fourth-order valence-corrected chi connectivity index (χ4v) is 1.99. The summed E-state index contributed by atoms with van der Waals surface area (Å²) in [6, 6.07) is 0.139. The van der Waals surface area contributed by atoms with Crippen molar-refractivity contribution in [3.05, 3.63) is 15.8 Å². The van der Waals surface area contributed by atoms with Crippen LogP contribution in [0.3, 0.4) is 0 Å². The van der Waals surface area contributed by atoms with Crippen LogP contribution in [-0.4, -0.2) is 36.3 Å². The predicted octanol–water partition coefficient (Wildman–Crippen LogP) is 0.497. The number of H-pyrrole nitrogens is 1. The molecule has 0 atom stereocenters. The van der Waals surface area contributed by atoms with Gasteiger partial charge in [0, 0.05) is 7.05 Å². The molecular weight excluding hydrogens is 280 g/mol. The molecule has 2 heterocycles. The van der Waals surface area contributed by atoms with Gasteiger partial charge in [0.25, 0.3) is 0 Å². The molecule has 2 rings (SSSR count). The number of nitrogens with one attached hydrogen (secondary N) is 1. The third kappa shape index (κ3) is 2.79. The molecule has 0 radical (unpaired) electrons. The minimum atomic E-state index is -0.317. The first kappa shape index (κ1) is 12.8. The molecule has 8 nitrogen and oxygen atoms in total. The molecule has 0 saturated heterocycles. The Morgan fingerprint density at radius 3 is 2.83 bits per heavy atom. The molecule has 0 saturated carbocycles. The number of halogens is 1. The second kappa shape index (κ2) is 5.36. The van der Waals surface area contributed by atoms with E-state index in [9.17, 15) is 4.79 Å². The van der Waals surface area contributed by atoms with Gasteiger partial charge in [-0.05, 0) is 30.3 Å². The number of rotatable bonds is 4. The number of aromatic nitrogens is 6. The Bertz CT molecular complexity index is 612. The van der Waals surface area contributed by atoms with Crippen LogP contribution in [0.1, 0.15) is 6.92 Å². The molecular formula is C8H9ClN6O2S. The summed E-state index contributed by atoms with van der Waals surface area (Å²) < 4.78 is 6.48. The van der Waals surface area contributed by atoms with Crippen LogP contribution in [0.4, 0.5) is 0 Å². The van der Waals surface area contributed by atoms with E-state index >= 15 is 0 Å². The summed E-state index contributed by atoms with van der Waals surface area (Å²) in [4.78, 5) is 23.0. The highest BCUT2D eigenvalue weighted by Crippen LogP contribution is 2.23. The zero-order chi connectivity index (χ0) is 13.1. The van der Waals surface area contributed by atoms with Crippen molar-refractivity contribution in [3.8, 4) is 6.01 Å². The number of nitrogens with zero attached hydrogens (tertiary/aromatic N) is 5. The highest BCUT2D eigenvalue weighted by atomic mass is 35.5. The van der Waals surface area contributed by atoms with Gasteiger partial charge in [0.2, 0.25) is 10.4 Å². The third-order valence-electron chi connectivity index (χ3n) is 1.86. The number of aromatic amines is 1. The average molecular weight is 289 g/mol. The molecule has 1 N–H and O–H groups in total. The molecule has 10 heteroatoms. The maximum Gasteiger partial charge on any atom is 0.343 e. The molecule has 0 aliphatic heterocycles. The fourth-order valence-electron chi connectivity index (χ4n) is 1.06. The van der Waals surface area contributed by atoms with Crippen molar-refractivity contribution in [3.63, 3.8) is 0 Å². The molecule has 2 aromatic rings. The third-order valence-corrected chi connectivity index (χ3v) is 2.94. The van der Waals surface area contributed by atoms with Crippen molar-refractivity contribution in [2.45, 2.75) is 17.2 Å². The molecule has 0 aliphatic rings. The quantitative estimate of drug-likeness (QED) is 0.874. The van der Waals surface area contributed by atoms with E-state index in [0.29, 0.717) is 16.9 Å². The maximum absolute atomic E-state index is 11.2. The van der Waals surface area contributed by atoms with E-state index in [0.717, 1.165) is 11.8 Å². The van der Waals surface area contributed by atoms with Crippen molar-refractivity contribution in [1.29, 1.82) is 0 Å². The van der Waals surface area contributed by atoms with Gasteiger partial charge in [0.05, 0.1) is 6.61 Å². The Balaban J connectivity index is 2.28. The van der Waals surface area contributed by atoms with Crippen LogP contribution in [0.15, 0.2) is 15.1 Å². The van der Waals surface area contributed by atoms with E-state index in [1.807, 2.05) is 6.92 Å². The summed E-state index contributed by atoms with van der Waals surface area (Å²) in [6.45, 7) is 2.23. The second-order valence-electron chi connectivity index (χ2n) is 3.08. The largest absolute Gasteiger partial charge is 0.464 e. The summed E-state index contributed by atoms with van der Waals surface area (Å²) in [5.74, 6) is 0. The molecule has 0 aromatic carbocycles. The highest BCUT2D eigenvalue weighted by Gasteiger charge is 2.11. The zero-order valence-corrected chi connectivity index (χ0v) is 11.1. The van der Waals surface area contributed by atoms with E-state index in [-0.39, 0.29) is 17.0 Å². The molecule has 0 spiro atoms. The Hall–Kier alpha value is -1.61. The standard InChI is InChI=1S/C8H9ClN6O2S/c1-3-17-5-10-4(9)11-6(12-5)18-8-14-13-7(16)15(8)2/h3H2,1-2H3,(H,13,16). The lowest BCUT2D eigenvalue weighted by molar-refractivity contribution is 0.307. The summed E-state index contributed by atoms with van der Waals surface area (Å²) in [7, 11) is 1.58. The molecule has 0 aliphatic carbocycles. The van der Waals surface area contributed by atoms with Gasteiger partial charge in [0.15, 0.2) is 5.16 Å². The molecule has 0 fully saturated rings. The Morgan fingerprint density at radius 1 is 1.44 bits per heavy atom. The Morgan fingerprint density at radius 2 is 2.22 bits per heavy atom. The molecule has 0 amide bonds. The van der Waals surface area contributed by atoms with Gasteiger partial charge >= 0.3 is 11.7 Å². The lowest BCUT2D eigenvalue weighted by Crippen LogP contribution is -2.13. The van der Waals surface area contributed by atoms with Crippen LogP contribution in [0.25, 0.3) is 0 Å². The minimum Gasteiger partial charge on any atom is -0.464 e. The first-order valence-electron chi connectivity index (χ1n) is 4.93. The smallest absolute Gasteiger partial charge is 0.343 e. The van der Waals surface area contributed by atoms with Crippen molar-refractivity contribution in [2.75, 3.05) is 6.61 Å². The SMILES string of the molecule is CCOc1nc(Cl)nc(Sc2n[nH]c(=O)n2C)n1. The fraction of sp³-hybridized carbons (Fsp3) is 0.375. The number of ether oxygens (including phenoxy) is 1. The summed E-state index contributed by atoms with van der Waals surface area (Å²) >= 11 is 6.83. The van der Waals surface area contributed by atoms with Crippen LogP contribution in [0, 0.1) is 0 Å². The molecule has 96 valence electrons. The summed E-state index contributed by atoms with van der Waals surface area (Å²) in [6.07, 6.45) is 0. The van der Waals surface area contributed by atoms with E-state index < -0.39 is 0 Å². The minimum absolute atomic E-state index is 0.0245. The first-order valence-corrected chi connectivity index (χ1v) is 6.13. The van der Waals surface area contributed by atoms with E-state index in [4.69, 9.17) is 16.3 Å². The van der Waals surface area contributed by atoms with Gasteiger partial charge in [-0.2, -0.15) is 15.0 Å². The lowest BCUT2D eigenvalue weighted by atomic mass is 10.9. The molecule has 2 aromatic heterocycles. The molecule has 0 unspecified atom stereocenters. The molecule has 18 heavy (non-hydrogen) atoms. The van der Waals surface area contributed by atoms with Crippen LogP contribution in [0.5, 0.6) is 6.01 Å². The van der Waals surface area contributed by atoms with E-state index in [1.165, 1.54) is 4.57 Å². The van der Waals surface area contributed by atoms with Crippen LogP contribution in [0.2, 0.25) is 5.28 Å². The van der Waals surface area contributed by atoms with Gasteiger partial charge in [-0.3, -0.25) is 4.57 Å². The monoisotopic (exact) mass is 288 g/mol.